The summed E-state index contributed by atoms with van der Waals surface area (Å²) in [6, 6.07) is 0. The average molecular weight is 277 g/mol. The number of carbonyl (C=O) groups is 1. The highest BCUT2D eigenvalue weighted by molar-refractivity contribution is 6.55. The average Bonchev–Trinajstić information content (AvgIpc) is 2.74. The minimum absolute atomic E-state index is 0.0788. The molecule has 0 amide bonds. The Balaban J connectivity index is 2.49. The van der Waals surface area contributed by atoms with Gasteiger partial charge in [-0.2, -0.15) is 0 Å². The predicted octanol–water partition coefficient (Wildman–Crippen LogP) is 4.09. The Kier molecular flexibility index (Phi) is 5.08. The summed E-state index contributed by atoms with van der Waals surface area (Å²) in [7, 11) is 0. The molecule has 2 nitrogen and oxygen atoms in total. The van der Waals surface area contributed by atoms with Crippen molar-refractivity contribution in [3.8, 4) is 0 Å². The van der Waals surface area contributed by atoms with Gasteiger partial charge >= 0.3 is 5.97 Å². The lowest BCUT2D eigenvalue weighted by atomic mass is 10.1. The third-order valence-electron chi connectivity index (χ3n) is 3.19. The normalized spacial score (nSPS) is 25.7. The van der Waals surface area contributed by atoms with E-state index in [1.54, 1.807) is 6.08 Å². The minimum atomic E-state index is -0.174. The maximum Gasteiger partial charge on any atom is 0.310 e. The van der Waals surface area contributed by atoms with Crippen molar-refractivity contribution >= 4 is 29.2 Å². The van der Waals surface area contributed by atoms with E-state index in [1.807, 2.05) is 32.9 Å². The number of ether oxygens (including phenoxy) is 1. The molecule has 0 N–H and O–H groups in total. The molecular formula is C13H18Cl2O2. The number of carbonyl (C=O) groups excluding carboxylic acids is 1. The van der Waals surface area contributed by atoms with E-state index in [2.05, 4.69) is 0 Å². The Hall–Kier alpha value is -0.470. The van der Waals surface area contributed by atoms with Gasteiger partial charge in [0.25, 0.3) is 0 Å². The smallest absolute Gasteiger partial charge is 0.310 e. The summed E-state index contributed by atoms with van der Waals surface area (Å²) in [5.41, 5.74) is -0.111. The highest BCUT2D eigenvalue weighted by Gasteiger charge is 2.61. The van der Waals surface area contributed by atoms with Gasteiger partial charge in [0.2, 0.25) is 0 Å². The highest BCUT2D eigenvalue weighted by atomic mass is 35.5. The van der Waals surface area contributed by atoms with Gasteiger partial charge in [0.15, 0.2) is 0 Å². The molecule has 96 valence electrons. The summed E-state index contributed by atoms with van der Waals surface area (Å²) in [6.07, 6.45) is 6.49. The summed E-state index contributed by atoms with van der Waals surface area (Å²) in [5.74, 6) is -0.230. The second-order valence-corrected chi connectivity index (χ2v) is 5.80. The Labute approximate surface area is 113 Å². The number of halogens is 2. The molecule has 0 aliphatic heterocycles. The van der Waals surface area contributed by atoms with E-state index >= 15 is 0 Å². The van der Waals surface area contributed by atoms with E-state index in [0.29, 0.717) is 6.61 Å². The molecule has 1 saturated carbocycles. The third kappa shape index (κ3) is 3.75. The van der Waals surface area contributed by atoms with Crippen LogP contribution in [0.3, 0.4) is 0 Å². The largest absolute Gasteiger partial charge is 0.461 e. The second-order valence-electron chi connectivity index (χ2n) is 4.79. The summed E-state index contributed by atoms with van der Waals surface area (Å²) in [6.45, 7) is 6.40. The van der Waals surface area contributed by atoms with E-state index in [9.17, 15) is 4.79 Å². The van der Waals surface area contributed by atoms with E-state index < -0.39 is 0 Å². The summed E-state index contributed by atoms with van der Waals surface area (Å²) >= 11 is 11.2. The zero-order valence-electron chi connectivity index (χ0n) is 10.4. The van der Waals surface area contributed by atoms with Crippen molar-refractivity contribution in [2.75, 3.05) is 6.61 Å². The van der Waals surface area contributed by atoms with Crippen LogP contribution in [0.1, 0.15) is 27.2 Å². The molecule has 1 aliphatic carbocycles. The molecule has 0 saturated heterocycles. The van der Waals surface area contributed by atoms with Crippen molar-refractivity contribution in [3.05, 3.63) is 22.7 Å². The zero-order chi connectivity index (χ0) is 13.1. The van der Waals surface area contributed by atoms with Crippen LogP contribution in [0.5, 0.6) is 0 Å². The number of allylic oxidation sites excluding steroid dienone is 2. The molecule has 17 heavy (non-hydrogen) atoms. The molecule has 2 atom stereocenters. The Morgan fingerprint density at radius 1 is 1.35 bits per heavy atom. The lowest BCUT2D eigenvalue weighted by Crippen LogP contribution is -2.10. The van der Waals surface area contributed by atoms with Crippen LogP contribution in [0.25, 0.3) is 0 Å². The Morgan fingerprint density at radius 2 is 2.00 bits per heavy atom. The molecule has 4 heteroatoms. The van der Waals surface area contributed by atoms with Crippen molar-refractivity contribution in [2.24, 2.45) is 17.3 Å². The lowest BCUT2D eigenvalue weighted by molar-refractivity contribution is -0.144. The summed E-state index contributed by atoms with van der Waals surface area (Å²) in [4.78, 5) is 11.8. The van der Waals surface area contributed by atoms with Crippen molar-refractivity contribution < 1.29 is 9.53 Å². The maximum atomic E-state index is 11.8. The van der Waals surface area contributed by atoms with E-state index in [0.717, 1.165) is 6.42 Å². The van der Waals surface area contributed by atoms with Crippen LogP contribution in [0.4, 0.5) is 0 Å². The third-order valence-corrected chi connectivity index (χ3v) is 3.45. The van der Waals surface area contributed by atoms with Gasteiger partial charge in [-0.1, -0.05) is 56.1 Å². The molecule has 0 unspecified atom stereocenters. The number of hydrogen-bond acceptors (Lipinski definition) is 2. The number of rotatable bonds is 5. The molecule has 0 bridgehead atoms. The quantitative estimate of drug-likeness (QED) is 0.559. The second kappa shape index (κ2) is 5.92. The van der Waals surface area contributed by atoms with Crippen molar-refractivity contribution in [3.63, 3.8) is 0 Å². The van der Waals surface area contributed by atoms with Gasteiger partial charge in [0.05, 0.1) is 5.92 Å². The molecule has 1 aliphatic rings. The Morgan fingerprint density at radius 3 is 2.53 bits per heavy atom. The van der Waals surface area contributed by atoms with Crippen molar-refractivity contribution in [2.45, 2.75) is 27.2 Å². The van der Waals surface area contributed by atoms with Gasteiger partial charge in [0.1, 0.15) is 11.1 Å². The first-order valence-electron chi connectivity index (χ1n) is 5.75. The van der Waals surface area contributed by atoms with Gasteiger partial charge in [-0.3, -0.25) is 4.79 Å². The van der Waals surface area contributed by atoms with Gasteiger partial charge < -0.3 is 4.74 Å². The first kappa shape index (κ1) is 14.6. The maximum absolute atomic E-state index is 11.8. The molecule has 0 aromatic heterocycles. The SMILES string of the molecule is CCC=CCOC(=O)[C@H]1[C@H](C=C(Cl)Cl)C1(C)C. The molecule has 1 rings (SSSR count). The fourth-order valence-electron chi connectivity index (χ4n) is 2.03. The van der Waals surface area contributed by atoms with Crippen LogP contribution in [0.15, 0.2) is 22.7 Å². The summed E-state index contributed by atoms with van der Waals surface area (Å²) < 4.78 is 5.39. The number of hydrogen-bond donors (Lipinski definition) is 0. The van der Waals surface area contributed by atoms with Gasteiger partial charge in [-0.15, -0.1) is 0 Å². The van der Waals surface area contributed by atoms with Gasteiger partial charge in [-0.25, -0.2) is 0 Å². The first-order valence-corrected chi connectivity index (χ1v) is 6.51. The van der Waals surface area contributed by atoms with Crippen LogP contribution >= 0.6 is 23.2 Å². The Bertz CT molecular complexity index is 341. The molecule has 0 aromatic carbocycles. The molecule has 0 heterocycles. The topological polar surface area (TPSA) is 26.3 Å². The van der Waals surface area contributed by atoms with E-state index in [4.69, 9.17) is 27.9 Å². The van der Waals surface area contributed by atoms with E-state index in [-0.39, 0.29) is 27.7 Å². The molecule has 0 aromatic rings. The minimum Gasteiger partial charge on any atom is -0.461 e. The molecule has 0 spiro atoms. The predicted molar refractivity (Wildman–Crippen MR) is 70.9 cm³/mol. The molecule has 0 radical (unpaired) electrons. The zero-order valence-corrected chi connectivity index (χ0v) is 11.9. The van der Waals surface area contributed by atoms with E-state index in [1.165, 1.54) is 0 Å². The fraction of sp³-hybridized carbons (Fsp3) is 0.615. The van der Waals surface area contributed by atoms with Crippen LogP contribution < -0.4 is 0 Å². The summed E-state index contributed by atoms with van der Waals surface area (Å²) in [5, 5.41) is 0. The van der Waals surface area contributed by atoms with Crippen LogP contribution in [0.2, 0.25) is 0 Å². The van der Waals surface area contributed by atoms with Crippen LogP contribution in [0, 0.1) is 17.3 Å². The lowest BCUT2D eigenvalue weighted by Gasteiger charge is -2.02. The van der Waals surface area contributed by atoms with Crippen molar-refractivity contribution in [1.29, 1.82) is 0 Å². The van der Waals surface area contributed by atoms with Crippen LogP contribution in [-0.4, -0.2) is 12.6 Å². The van der Waals surface area contributed by atoms with Crippen molar-refractivity contribution in [1.82, 2.24) is 0 Å². The standard InChI is InChI=1S/C13H18Cl2O2/c1-4-5-6-7-17-12(16)11-9(8-10(14)15)13(11,2)3/h5-6,8-9,11H,4,7H2,1-3H3/t9-,11+/m0/s1. The highest BCUT2D eigenvalue weighted by Crippen LogP contribution is 2.60. The first-order chi connectivity index (χ1) is 7.91. The number of esters is 1. The van der Waals surface area contributed by atoms with Gasteiger partial charge in [-0.05, 0) is 23.8 Å². The fourth-order valence-corrected chi connectivity index (χ4v) is 2.30. The molecular weight excluding hydrogens is 259 g/mol. The van der Waals surface area contributed by atoms with Gasteiger partial charge in [0, 0.05) is 0 Å². The van der Waals surface area contributed by atoms with Crippen LogP contribution in [-0.2, 0) is 9.53 Å². The monoisotopic (exact) mass is 276 g/mol. The molecule has 1 fully saturated rings.